The number of hydrogen-bond acceptors (Lipinski definition) is 7. The fraction of sp³-hybridized carbons (Fsp3) is 0.364. The van der Waals surface area contributed by atoms with Crippen LogP contribution >= 0.6 is 0 Å². The number of carbonyl (C=O) groups excluding carboxylic acids is 1. The van der Waals surface area contributed by atoms with Gasteiger partial charge in [-0.25, -0.2) is 0 Å². The normalized spacial score (nSPS) is 15.3. The van der Waals surface area contributed by atoms with E-state index in [1.54, 1.807) is 12.1 Å². The van der Waals surface area contributed by atoms with E-state index in [9.17, 15) is 9.90 Å². The molecule has 7 heteroatoms. The predicted octanol–water partition coefficient (Wildman–Crippen LogP) is 6.19. The molecular formula is C33H37NO6. The van der Waals surface area contributed by atoms with Crippen LogP contribution in [0.4, 0.5) is 0 Å². The van der Waals surface area contributed by atoms with Crippen molar-refractivity contribution in [1.29, 1.82) is 0 Å². The Morgan fingerprint density at radius 1 is 0.950 bits per heavy atom. The summed E-state index contributed by atoms with van der Waals surface area (Å²) in [5.74, 6) is 2.34. The van der Waals surface area contributed by atoms with Crippen molar-refractivity contribution < 1.29 is 28.8 Å². The molecule has 0 aromatic heterocycles. The van der Waals surface area contributed by atoms with Crippen LogP contribution in [0.15, 0.2) is 66.7 Å². The molecule has 210 valence electrons. The molecule has 0 spiro atoms. The zero-order valence-corrected chi connectivity index (χ0v) is 23.2. The van der Waals surface area contributed by atoms with Crippen molar-refractivity contribution in [2.45, 2.75) is 45.6 Å². The zero-order valence-electron chi connectivity index (χ0n) is 23.2. The number of carbonyl (C=O) groups is 1. The van der Waals surface area contributed by atoms with Gasteiger partial charge in [0.25, 0.3) is 0 Å². The average Bonchev–Trinajstić information content (AvgIpc) is 3.73. The van der Waals surface area contributed by atoms with Crippen LogP contribution in [0.3, 0.4) is 0 Å². The van der Waals surface area contributed by atoms with Gasteiger partial charge < -0.3 is 29.4 Å². The number of aromatic hydroxyl groups is 1. The van der Waals surface area contributed by atoms with Gasteiger partial charge in [0.2, 0.25) is 6.79 Å². The van der Waals surface area contributed by atoms with Crippen LogP contribution < -0.4 is 19.5 Å². The molecule has 1 fully saturated rings. The predicted molar refractivity (Wildman–Crippen MR) is 155 cm³/mol. The maximum absolute atomic E-state index is 12.3. The summed E-state index contributed by atoms with van der Waals surface area (Å²) < 4.78 is 23.0. The Bertz CT molecular complexity index is 1330. The fourth-order valence-corrected chi connectivity index (χ4v) is 4.81. The van der Waals surface area contributed by atoms with Gasteiger partial charge in [-0.1, -0.05) is 44.2 Å². The first-order valence-corrected chi connectivity index (χ1v) is 14.1. The largest absolute Gasteiger partial charge is 0.508 e. The summed E-state index contributed by atoms with van der Waals surface area (Å²) in [5.41, 5.74) is 5.28. The molecular weight excluding hydrogens is 506 g/mol. The van der Waals surface area contributed by atoms with Gasteiger partial charge in [-0.2, -0.15) is 0 Å². The topological polar surface area (TPSA) is 86.2 Å². The lowest BCUT2D eigenvalue weighted by Gasteiger charge is -2.20. The SMILES string of the molecule is CCCNCC(COc1ccc(/C(=C(/CC)c2ccc3c(c2)OCO3)c2ccc(O)cc2)cc1)OC(=O)C1CC1. The molecule has 7 nitrogen and oxygen atoms in total. The monoisotopic (exact) mass is 543 g/mol. The van der Waals surface area contributed by atoms with Crippen LogP contribution in [0, 0.1) is 5.92 Å². The Balaban J connectivity index is 1.39. The number of esters is 1. The number of phenolic OH excluding ortho intramolecular Hbond substituents is 1. The molecule has 1 atom stereocenters. The maximum Gasteiger partial charge on any atom is 0.309 e. The molecule has 0 saturated heterocycles. The van der Waals surface area contributed by atoms with Gasteiger partial charge in [-0.15, -0.1) is 0 Å². The van der Waals surface area contributed by atoms with Gasteiger partial charge >= 0.3 is 5.97 Å². The molecule has 1 saturated carbocycles. The number of nitrogens with one attached hydrogen (secondary N) is 1. The molecule has 0 radical (unpaired) electrons. The molecule has 0 amide bonds. The summed E-state index contributed by atoms with van der Waals surface area (Å²) in [7, 11) is 0. The zero-order chi connectivity index (χ0) is 27.9. The third-order valence-electron chi connectivity index (χ3n) is 7.10. The Hall–Kier alpha value is -3.97. The van der Waals surface area contributed by atoms with E-state index in [0.717, 1.165) is 71.6 Å². The first-order valence-electron chi connectivity index (χ1n) is 14.1. The lowest BCUT2D eigenvalue weighted by atomic mass is 9.88. The Kier molecular flexibility index (Phi) is 8.91. The second-order valence-electron chi connectivity index (χ2n) is 10.2. The van der Waals surface area contributed by atoms with Crippen molar-refractivity contribution in [2.75, 3.05) is 26.5 Å². The van der Waals surface area contributed by atoms with Crippen LogP contribution in [-0.4, -0.2) is 43.7 Å². The van der Waals surface area contributed by atoms with Crippen molar-refractivity contribution in [3.05, 3.63) is 83.4 Å². The molecule has 3 aromatic carbocycles. The highest BCUT2D eigenvalue weighted by Gasteiger charge is 2.33. The van der Waals surface area contributed by atoms with Crippen molar-refractivity contribution in [1.82, 2.24) is 5.32 Å². The van der Waals surface area contributed by atoms with E-state index in [0.29, 0.717) is 12.3 Å². The second-order valence-corrected chi connectivity index (χ2v) is 10.2. The first kappa shape index (κ1) is 27.6. The minimum absolute atomic E-state index is 0.0515. The van der Waals surface area contributed by atoms with E-state index in [4.69, 9.17) is 18.9 Å². The van der Waals surface area contributed by atoms with Crippen molar-refractivity contribution in [3.8, 4) is 23.0 Å². The number of rotatable bonds is 13. The molecule has 1 aliphatic heterocycles. The average molecular weight is 544 g/mol. The highest BCUT2D eigenvalue weighted by Crippen LogP contribution is 2.40. The quantitative estimate of drug-likeness (QED) is 0.151. The smallest absolute Gasteiger partial charge is 0.309 e. The summed E-state index contributed by atoms with van der Waals surface area (Å²) in [6.45, 7) is 6.18. The Labute approximate surface area is 235 Å². The number of ether oxygens (including phenoxy) is 4. The molecule has 3 aromatic rings. The van der Waals surface area contributed by atoms with Crippen LogP contribution in [0.2, 0.25) is 0 Å². The third-order valence-corrected chi connectivity index (χ3v) is 7.10. The molecule has 1 aliphatic carbocycles. The van der Waals surface area contributed by atoms with Gasteiger partial charge in [-0.3, -0.25) is 4.79 Å². The lowest BCUT2D eigenvalue weighted by Crippen LogP contribution is -2.36. The van der Waals surface area contributed by atoms with E-state index in [1.807, 2.05) is 48.5 Å². The number of allylic oxidation sites excluding steroid dienone is 1. The summed E-state index contributed by atoms with van der Waals surface area (Å²) in [5, 5.41) is 13.3. The molecule has 2 aliphatic rings. The van der Waals surface area contributed by atoms with Crippen molar-refractivity contribution in [3.63, 3.8) is 0 Å². The molecule has 5 rings (SSSR count). The minimum Gasteiger partial charge on any atom is -0.508 e. The van der Waals surface area contributed by atoms with E-state index >= 15 is 0 Å². The summed E-state index contributed by atoms with van der Waals surface area (Å²) >= 11 is 0. The highest BCUT2D eigenvalue weighted by molar-refractivity contribution is 5.99. The number of phenols is 1. The third kappa shape index (κ3) is 6.77. The molecule has 1 heterocycles. The minimum atomic E-state index is -0.343. The summed E-state index contributed by atoms with van der Waals surface area (Å²) in [6.07, 6.45) is 3.28. The van der Waals surface area contributed by atoms with Crippen LogP contribution in [0.1, 0.15) is 56.2 Å². The van der Waals surface area contributed by atoms with E-state index in [1.165, 1.54) is 0 Å². The molecule has 1 unspecified atom stereocenters. The number of fused-ring (bicyclic) bond motifs is 1. The summed E-state index contributed by atoms with van der Waals surface area (Å²) in [6, 6.07) is 21.3. The summed E-state index contributed by atoms with van der Waals surface area (Å²) in [4.78, 5) is 12.3. The fourth-order valence-electron chi connectivity index (χ4n) is 4.81. The number of hydrogen-bond donors (Lipinski definition) is 2. The Morgan fingerprint density at radius 2 is 1.62 bits per heavy atom. The van der Waals surface area contributed by atoms with Crippen molar-refractivity contribution >= 4 is 17.1 Å². The van der Waals surface area contributed by atoms with Gasteiger partial charge in [0.05, 0.1) is 5.92 Å². The Morgan fingerprint density at radius 3 is 2.30 bits per heavy atom. The van der Waals surface area contributed by atoms with Crippen molar-refractivity contribution in [2.24, 2.45) is 5.92 Å². The van der Waals surface area contributed by atoms with Gasteiger partial charge in [-0.05, 0) is 96.5 Å². The van der Waals surface area contributed by atoms with Crippen LogP contribution in [0.5, 0.6) is 23.0 Å². The highest BCUT2D eigenvalue weighted by atomic mass is 16.7. The number of benzene rings is 3. The standard InChI is InChI=1S/C33H37NO6/c1-3-17-34-19-28(40-33(36)24-5-6-24)20-37-27-14-9-23(10-15-27)32(22-7-12-26(35)13-8-22)29(4-2)25-11-16-30-31(18-25)39-21-38-30/h7-16,18,24,28,34-35H,3-6,17,19-21H2,1-2H3/b32-29-. The van der Waals surface area contributed by atoms with E-state index in [2.05, 4.69) is 25.2 Å². The second kappa shape index (κ2) is 12.9. The van der Waals surface area contributed by atoms with E-state index < -0.39 is 0 Å². The van der Waals surface area contributed by atoms with Crippen LogP contribution in [0.25, 0.3) is 11.1 Å². The lowest BCUT2D eigenvalue weighted by molar-refractivity contribution is -0.151. The van der Waals surface area contributed by atoms with Gasteiger partial charge in [0, 0.05) is 6.54 Å². The van der Waals surface area contributed by atoms with Gasteiger partial charge in [0.15, 0.2) is 11.5 Å². The van der Waals surface area contributed by atoms with Gasteiger partial charge in [0.1, 0.15) is 24.2 Å². The maximum atomic E-state index is 12.3. The first-order chi connectivity index (χ1) is 19.6. The van der Waals surface area contributed by atoms with Crippen LogP contribution in [-0.2, 0) is 9.53 Å². The molecule has 0 bridgehead atoms. The van der Waals surface area contributed by atoms with E-state index in [-0.39, 0.29) is 37.1 Å². The molecule has 40 heavy (non-hydrogen) atoms. The molecule has 2 N–H and O–H groups in total.